The molecule has 0 bridgehead atoms. The van der Waals surface area contributed by atoms with Crippen LogP contribution in [0.2, 0.25) is 0 Å². The van der Waals surface area contributed by atoms with Gasteiger partial charge in [0.25, 0.3) is 0 Å². The summed E-state index contributed by atoms with van der Waals surface area (Å²) in [6.45, 7) is 3.78. The number of morpholine rings is 1. The number of nitrogens with one attached hydrogen (secondary N) is 2. The van der Waals surface area contributed by atoms with E-state index in [0.717, 1.165) is 19.7 Å². The van der Waals surface area contributed by atoms with Crippen molar-refractivity contribution in [3.8, 4) is 0 Å². The zero-order valence-electron chi connectivity index (χ0n) is 9.72. The lowest BCUT2D eigenvalue weighted by molar-refractivity contribution is -0.0416. The molecular formula is C10H18N6O. The topological polar surface area (TPSA) is 92.1 Å². The Balaban J connectivity index is 1.49. The average Bonchev–Trinajstić information content (AvgIpc) is 2.94. The summed E-state index contributed by atoms with van der Waals surface area (Å²) in [5, 5.41) is 9.65. The van der Waals surface area contributed by atoms with Gasteiger partial charge in [-0.3, -0.25) is 4.90 Å². The standard InChI is InChI=1S/C10H18N6O/c11-9-13-10(15-14-9)12-4-8-5-16-3-1-2-7(16)6-17-8/h7-8H,1-6H2,(H4,11,12,13,14,15). The molecule has 0 radical (unpaired) electrons. The summed E-state index contributed by atoms with van der Waals surface area (Å²) >= 11 is 0. The van der Waals surface area contributed by atoms with Gasteiger partial charge in [-0.2, -0.15) is 4.98 Å². The van der Waals surface area contributed by atoms with Crippen molar-refractivity contribution in [1.82, 2.24) is 20.1 Å². The third-order valence-corrected chi connectivity index (χ3v) is 3.45. The molecule has 2 saturated heterocycles. The Morgan fingerprint density at radius 1 is 1.59 bits per heavy atom. The van der Waals surface area contributed by atoms with Crippen LogP contribution in [0.3, 0.4) is 0 Å². The van der Waals surface area contributed by atoms with E-state index in [-0.39, 0.29) is 6.10 Å². The molecule has 2 aliphatic heterocycles. The van der Waals surface area contributed by atoms with Gasteiger partial charge >= 0.3 is 0 Å². The second-order valence-corrected chi connectivity index (χ2v) is 4.67. The Morgan fingerprint density at radius 3 is 3.35 bits per heavy atom. The minimum atomic E-state index is 0.212. The number of ether oxygens (including phenoxy) is 1. The first-order valence-electron chi connectivity index (χ1n) is 6.08. The van der Waals surface area contributed by atoms with Crippen LogP contribution in [0, 0.1) is 0 Å². The fraction of sp³-hybridized carbons (Fsp3) is 0.800. The molecule has 0 amide bonds. The number of hydrogen-bond donors (Lipinski definition) is 3. The number of H-pyrrole nitrogens is 1. The number of nitrogen functional groups attached to an aromatic ring is 1. The Bertz CT molecular complexity index is 381. The van der Waals surface area contributed by atoms with Crippen molar-refractivity contribution in [1.29, 1.82) is 0 Å². The van der Waals surface area contributed by atoms with Gasteiger partial charge in [-0.25, -0.2) is 5.10 Å². The van der Waals surface area contributed by atoms with Crippen molar-refractivity contribution in [2.45, 2.75) is 25.0 Å². The van der Waals surface area contributed by atoms with Gasteiger partial charge in [0, 0.05) is 19.1 Å². The van der Waals surface area contributed by atoms with E-state index in [0.29, 0.717) is 17.9 Å². The van der Waals surface area contributed by atoms with Gasteiger partial charge in [0.15, 0.2) is 0 Å². The molecule has 2 aliphatic rings. The molecule has 94 valence electrons. The van der Waals surface area contributed by atoms with Gasteiger partial charge in [-0.15, -0.1) is 5.10 Å². The van der Waals surface area contributed by atoms with Crippen LogP contribution in [-0.2, 0) is 4.74 Å². The number of nitrogens with zero attached hydrogens (tertiary/aromatic N) is 3. The highest BCUT2D eigenvalue weighted by molar-refractivity contribution is 5.29. The molecule has 2 fully saturated rings. The molecule has 0 aromatic carbocycles. The maximum absolute atomic E-state index is 5.82. The minimum Gasteiger partial charge on any atom is -0.373 e. The fourth-order valence-electron chi connectivity index (χ4n) is 2.57. The molecule has 1 aromatic heterocycles. The number of rotatable bonds is 3. The fourth-order valence-corrected chi connectivity index (χ4v) is 2.57. The molecule has 0 aliphatic carbocycles. The molecule has 0 saturated carbocycles. The van der Waals surface area contributed by atoms with Crippen molar-refractivity contribution >= 4 is 11.9 Å². The Hall–Kier alpha value is -1.34. The average molecular weight is 238 g/mol. The van der Waals surface area contributed by atoms with Crippen molar-refractivity contribution in [3.05, 3.63) is 0 Å². The number of aromatic nitrogens is 3. The monoisotopic (exact) mass is 238 g/mol. The molecule has 1 aromatic rings. The predicted octanol–water partition coefficient (Wildman–Crippen LogP) is -0.338. The Labute approximate surface area is 99.7 Å². The number of nitrogens with two attached hydrogens (primary N) is 1. The first-order valence-corrected chi connectivity index (χ1v) is 6.08. The van der Waals surface area contributed by atoms with E-state index in [1.165, 1.54) is 19.4 Å². The third kappa shape index (κ3) is 2.34. The molecule has 0 spiro atoms. The second kappa shape index (κ2) is 4.50. The van der Waals surface area contributed by atoms with Crippen molar-refractivity contribution in [2.75, 3.05) is 37.3 Å². The molecule has 7 heteroatoms. The summed E-state index contributed by atoms with van der Waals surface area (Å²) in [5.74, 6) is 0.867. The van der Waals surface area contributed by atoms with E-state index >= 15 is 0 Å². The Morgan fingerprint density at radius 2 is 2.53 bits per heavy atom. The maximum atomic E-state index is 5.82. The van der Waals surface area contributed by atoms with Gasteiger partial charge < -0.3 is 15.8 Å². The van der Waals surface area contributed by atoms with E-state index in [2.05, 4.69) is 25.4 Å². The van der Waals surface area contributed by atoms with Gasteiger partial charge in [-0.1, -0.05) is 0 Å². The molecule has 2 unspecified atom stereocenters. The molecule has 3 heterocycles. The van der Waals surface area contributed by atoms with E-state index in [1.807, 2.05) is 0 Å². The summed E-state index contributed by atoms with van der Waals surface area (Å²) in [5.41, 5.74) is 5.45. The second-order valence-electron chi connectivity index (χ2n) is 4.67. The van der Waals surface area contributed by atoms with Crippen LogP contribution in [0.15, 0.2) is 0 Å². The van der Waals surface area contributed by atoms with E-state index in [9.17, 15) is 0 Å². The number of aromatic amines is 1. The summed E-state index contributed by atoms with van der Waals surface area (Å²) < 4.78 is 5.82. The summed E-state index contributed by atoms with van der Waals surface area (Å²) in [4.78, 5) is 6.51. The summed E-state index contributed by atoms with van der Waals surface area (Å²) in [7, 11) is 0. The van der Waals surface area contributed by atoms with Crippen LogP contribution in [0.4, 0.5) is 11.9 Å². The molecular weight excluding hydrogens is 220 g/mol. The van der Waals surface area contributed by atoms with Gasteiger partial charge in [0.1, 0.15) is 0 Å². The summed E-state index contributed by atoms with van der Waals surface area (Å²) in [6.07, 6.45) is 2.78. The first-order chi connectivity index (χ1) is 8.31. The minimum absolute atomic E-state index is 0.212. The Kier molecular flexibility index (Phi) is 2.86. The predicted molar refractivity (Wildman–Crippen MR) is 63.6 cm³/mol. The van der Waals surface area contributed by atoms with Crippen LogP contribution in [0.5, 0.6) is 0 Å². The van der Waals surface area contributed by atoms with Gasteiger partial charge in [0.05, 0.1) is 12.7 Å². The number of hydrogen-bond acceptors (Lipinski definition) is 6. The highest BCUT2D eigenvalue weighted by atomic mass is 16.5. The van der Waals surface area contributed by atoms with Crippen LogP contribution < -0.4 is 11.1 Å². The molecule has 4 N–H and O–H groups in total. The SMILES string of the molecule is Nc1nc(NCC2CN3CCCC3CO2)n[nH]1. The lowest BCUT2D eigenvalue weighted by atomic mass is 10.2. The smallest absolute Gasteiger partial charge is 0.243 e. The van der Waals surface area contributed by atoms with Crippen LogP contribution in [0.1, 0.15) is 12.8 Å². The molecule has 7 nitrogen and oxygen atoms in total. The number of fused-ring (bicyclic) bond motifs is 1. The van der Waals surface area contributed by atoms with Crippen molar-refractivity contribution in [3.63, 3.8) is 0 Å². The number of anilines is 2. The third-order valence-electron chi connectivity index (χ3n) is 3.45. The molecule has 2 atom stereocenters. The quantitative estimate of drug-likeness (QED) is 0.667. The normalized spacial score (nSPS) is 29.2. The van der Waals surface area contributed by atoms with Crippen LogP contribution in [-0.4, -0.2) is 58.5 Å². The van der Waals surface area contributed by atoms with E-state index < -0.39 is 0 Å². The lowest BCUT2D eigenvalue weighted by Gasteiger charge is -2.35. The van der Waals surface area contributed by atoms with Crippen molar-refractivity contribution in [2.24, 2.45) is 0 Å². The highest BCUT2D eigenvalue weighted by Crippen LogP contribution is 2.22. The molecule has 3 rings (SSSR count). The zero-order valence-corrected chi connectivity index (χ0v) is 9.72. The lowest BCUT2D eigenvalue weighted by Crippen LogP contribution is -2.48. The summed E-state index contributed by atoms with van der Waals surface area (Å²) in [6, 6.07) is 0.644. The largest absolute Gasteiger partial charge is 0.373 e. The van der Waals surface area contributed by atoms with Gasteiger partial charge in [0.2, 0.25) is 11.9 Å². The van der Waals surface area contributed by atoms with Crippen LogP contribution in [0.25, 0.3) is 0 Å². The van der Waals surface area contributed by atoms with Gasteiger partial charge in [-0.05, 0) is 19.4 Å². The maximum Gasteiger partial charge on any atom is 0.243 e. The highest BCUT2D eigenvalue weighted by Gasteiger charge is 2.31. The van der Waals surface area contributed by atoms with E-state index in [4.69, 9.17) is 10.5 Å². The first kappa shape index (κ1) is 10.8. The van der Waals surface area contributed by atoms with E-state index in [1.54, 1.807) is 0 Å². The van der Waals surface area contributed by atoms with Crippen LogP contribution >= 0.6 is 0 Å². The van der Waals surface area contributed by atoms with Crippen molar-refractivity contribution < 1.29 is 4.74 Å². The zero-order chi connectivity index (χ0) is 11.7. The molecule has 17 heavy (non-hydrogen) atoms.